The van der Waals surface area contributed by atoms with Crippen molar-refractivity contribution in [3.8, 4) is 0 Å². The van der Waals surface area contributed by atoms with Crippen LogP contribution in [0, 0.1) is 0 Å². The highest BCUT2D eigenvalue weighted by Gasteiger charge is 2.05. The molecule has 1 aromatic heterocycles. The van der Waals surface area contributed by atoms with E-state index in [1.54, 1.807) is 0 Å². The molecule has 0 unspecified atom stereocenters. The van der Waals surface area contributed by atoms with Crippen molar-refractivity contribution in [1.29, 1.82) is 0 Å². The van der Waals surface area contributed by atoms with Crippen molar-refractivity contribution in [3.05, 3.63) is 33.2 Å². The minimum absolute atomic E-state index is 0.236. The lowest BCUT2D eigenvalue weighted by Crippen LogP contribution is -2.07. The Morgan fingerprint density at radius 2 is 1.90 bits per heavy atom. The molecule has 0 fully saturated rings. The van der Waals surface area contributed by atoms with Gasteiger partial charge in [0.15, 0.2) is 0 Å². The third-order valence-electron chi connectivity index (χ3n) is 2.49. The fourth-order valence-corrected chi connectivity index (χ4v) is 2.31. The van der Waals surface area contributed by atoms with Gasteiger partial charge >= 0.3 is 0 Å². The predicted molar refractivity (Wildman–Crippen MR) is 90.3 cm³/mol. The van der Waals surface area contributed by atoms with Crippen molar-refractivity contribution in [1.82, 2.24) is 9.97 Å². The Balaban J connectivity index is 2.24. The molecular weight excluding hydrogens is 386 g/mol. The van der Waals surface area contributed by atoms with E-state index < -0.39 is 0 Å². The summed E-state index contributed by atoms with van der Waals surface area (Å²) in [6.07, 6.45) is 1.02. The number of aromatic nitrogens is 2. The van der Waals surface area contributed by atoms with Crippen LogP contribution in [0.2, 0.25) is 0 Å². The second-order valence-electron chi connectivity index (χ2n) is 4.17. The van der Waals surface area contributed by atoms with E-state index >= 15 is 0 Å². The highest BCUT2D eigenvalue weighted by molar-refractivity contribution is 9.11. The van der Waals surface area contributed by atoms with Crippen LogP contribution in [0.1, 0.15) is 13.3 Å². The van der Waals surface area contributed by atoms with E-state index in [1.165, 1.54) is 0 Å². The molecule has 7 heteroatoms. The molecule has 0 saturated heterocycles. The first-order valence-corrected chi connectivity index (χ1v) is 7.77. The van der Waals surface area contributed by atoms with Crippen LogP contribution in [0.4, 0.5) is 23.3 Å². The number of rotatable bonds is 5. The normalized spacial score (nSPS) is 10.3. The molecule has 1 heterocycles. The standard InChI is InChI=1S/C13H15Br2N5/c1-2-5-17-11-7-12(20-13(16)19-11)18-10-6-8(14)3-4-9(10)15/h3-4,6-7H,2,5H2,1H3,(H4,16,17,18,19,20). The zero-order valence-electron chi connectivity index (χ0n) is 11.0. The number of benzene rings is 1. The van der Waals surface area contributed by atoms with Crippen LogP contribution in [0.25, 0.3) is 0 Å². The summed E-state index contributed by atoms with van der Waals surface area (Å²) in [6, 6.07) is 7.70. The number of hydrogen-bond donors (Lipinski definition) is 3. The third kappa shape index (κ3) is 4.08. The molecular formula is C13H15Br2N5. The van der Waals surface area contributed by atoms with Crippen molar-refractivity contribution < 1.29 is 0 Å². The number of nitrogens with zero attached hydrogens (tertiary/aromatic N) is 2. The van der Waals surface area contributed by atoms with Crippen LogP contribution in [0.3, 0.4) is 0 Å². The molecule has 0 aliphatic heterocycles. The number of nitrogens with one attached hydrogen (secondary N) is 2. The van der Waals surface area contributed by atoms with Crippen molar-refractivity contribution >= 4 is 55.1 Å². The summed E-state index contributed by atoms with van der Waals surface area (Å²) in [5.41, 5.74) is 6.63. The zero-order valence-corrected chi connectivity index (χ0v) is 14.1. The molecule has 0 aliphatic rings. The zero-order chi connectivity index (χ0) is 14.5. The average Bonchev–Trinajstić information content (AvgIpc) is 2.40. The van der Waals surface area contributed by atoms with Crippen molar-refractivity contribution in [2.75, 3.05) is 22.9 Å². The van der Waals surface area contributed by atoms with Crippen LogP contribution in [-0.2, 0) is 0 Å². The summed E-state index contributed by atoms with van der Waals surface area (Å²) < 4.78 is 1.93. The summed E-state index contributed by atoms with van der Waals surface area (Å²) in [6.45, 7) is 2.94. The Kier molecular flexibility index (Phi) is 5.19. The van der Waals surface area contributed by atoms with Crippen LogP contribution in [0.15, 0.2) is 33.2 Å². The maximum Gasteiger partial charge on any atom is 0.223 e. The van der Waals surface area contributed by atoms with E-state index in [4.69, 9.17) is 5.73 Å². The second-order valence-corrected chi connectivity index (χ2v) is 5.94. The molecule has 0 amide bonds. The minimum Gasteiger partial charge on any atom is -0.370 e. The van der Waals surface area contributed by atoms with Crippen LogP contribution in [0.5, 0.6) is 0 Å². The molecule has 0 spiro atoms. The Morgan fingerprint density at radius 1 is 1.15 bits per heavy atom. The molecule has 0 saturated carbocycles. The lowest BCUT2D eigenvalue weighted by atomic mass is 10.3. The Morgan fingerprint density at radius 3 is 2.65 bits per heavy atom. The number of halogens is 2. The van der Waals surface area contributed by atoms with Gasteiger partial charge in [-0.05, 0) is 40.5 Å². The number of nitrogen functional groups attached to an aromatic ring is 1. The number of nitrogens with two attached hydrogens (primary N) is 1. The van der Waals surface area contributed by atoms with Gasteiger partial charge in [-0.15, -0.1) is 0 Å². The van der Waals surface area contributed by atoms with Crippen LogP contribution in [-0.4, -0.2) is 16.5 Å². The largest absolute Gasteiger partial charge is 0.370 e. The minimum atomic E-state index is 0.236. The lowest BCUT2D eigenvalue weighted by Gasteiger charge is -2.11. The fourth-order valence-electron chi connectivity index (χ4n) is 1.60. The maximum atomic E-state index is 5.73. The molecule has 4 N–H and O–H groups in total. The van der Waals surface area contributed by atoms with Gasteiger partial charge in [-0.25, -0.2) is 0 Å². The molecule has 1 aromatic carbocycles. The smallest absolute Gasteiger partial charge is 0.223 e. The topological polar surface area (TPSA) is 75.9 Å². The monoisotopic (exact) mass is 399 g/mol. The number of hydrogen-bond acceptors (Lipinski definition) is 5. The molecule has 20 heavy (non-hydrogen) atoms. The highest BCUT2D eigenvalue weighted by atomic mass is 79.9. The van der Waals surface area contributed by atoms with E-state index in [0.29, 0.717) is 11.6 Å². The summed E-state index contributed by atoms with van der Waals surface area (Å²) in [5.74, 6) is 1.60. The molecule has 2 rings (SSSR count). The highest BCUT2D eigenvalue weighted by Crippen LogP contribution is 2.29. The van der Waals surface area contributed by atoms with Crippen molar-refractivity contribution in [2.45, 2.75) is 13.3 Å². The first-order valence-electron chi connectivity index (χ1n) is 6.19. The molecule has 0 aliphatic carbocycles. The molecule has 0 radical (unpaired) electrons. The third-order valence-corrected chi connectivity index (χ3v) is 3.68. The van der Waals surface area contributed by atoms with Crippen LogP contribution < -0.4 is 16.4 Å². The fraction of sp³-hybridized carbons (Fsp3) is 0.231. The first-order chi connectivity index (χ1) is 9.58. The van der Waals surface area contributed by atoms with Gasteiger partial charge in [0, 0.05) is 21.6 Å². The Labute approximate surface area is 134 Å². The van der Waals surface area contributed by atoms with E-state index in [0.717, 1.165) is 27.6 Å². The van der Waals surface area contributed by atoms with Gasteiger partial charge in [0.1, 0.15) is 11.6 Å². The van der Waals surface area contributed by atoms with Gasteiger partial charge in [0.2, 0.25) is 5.95 Å². The van der Waals surface area contributed by atoms with Gasteiger partial charge < -0.3 is 16.4 Å². The van der Waals surface area contributed by atoms with Crippen molar-refractivity contribution in [2.24, 2.45) is 0 Å². The summed E-state index contributed by atoms with van der Waals surface area (Å²) in [5, 5.41) is 6.42. The van der Waals surface area contributed by atoms with Gasteiger partial charge in [0.25, 0.3) is 0 Å². The summed E-state index contributed by atoms with van der Waals surface area (Å²) >= 11 is 6.94. The summed E-state index contributed by atoms with van der Waals surface area (Å²) in [4.78, 5) is 8.33. The van der Waals surface area contributed by atoms with Gasteiger partial charge in [-0.1, -0.05) is 22.9 Å². The summed E-state index contributed by atoms with van der Waals surface area (Å²) in [7, 11) is 0. The number of anilines is 4. The molecule has 0 atom stereocenters. The van der Waals surface area contributed by atoms with E-state index in [9.17, 15) is 0 Å². The second kappa shape index (κ2) is 6.90. The molecule has 0 bridgehead atoms. The van der Waals surface area contributed by atoms with Crippen LogP contribution >= 0.6 is 31.9 Å². The SMILES string of the molecule is CCCNc1cc(Nc2cc(Br)ccc2Br)nc(N)n1. The Bertz CT molecular complexity index is 603. The molecule has 106 valence electrons. The van der Waals surface area contributed by atoms with E-state index in [2.05, 4.69) is 59.4 Å². The maximum absolute atomic E-state index is 5.73. The molecule has 5 nitrogen and oxygen atoms in total. The average molecular weight is 401 g/mol. The van der Waals surface area contributed by atoms with Gasteiger partial charge in [0.05, 0.1) is 5.69 Å². The quantitative estimate of drug-likeness (QED) is 0.702. The Hall–Kier alpha value is -1.34. The van der Waals surface area contributed by atoms with Gasteiger partial charge in [-0.2, -0.15) is 9.97 Å². The van der Waals surface area contributed by atoms with Crippen molar-refractivity contribution in [3.63, 3.8) is 0 Å². The first kappa shape index (κ1) is 15.1. The van der Waals surface area contributed by atoms with E-state index in [1.807, 2.05) is 24.3 Å². The van der Waals surface area contributed by atoms with E-state index in [-0.39, 0.29) is 5.95 Å². The molecule has 2 aromatic rings. The predicted octanol–water partition coefficient (Wildman–Crippen LogP) is 4.15. The van der Waals surface area contributed by atoms with Gasteiger partial charge in [-0.3, -0.25) is 0 Å². The lowest BCUT2D eigenvalue weighted by molar-refractivity contribution is 0.967.